The second-order valence-electron chi connectivity index (χ2n) is 4.86. The van der Waals surface area contributed by atoms with Crippen LogP contribution in [0.5, 0.6) is 0 Å². The summed E-state index contributed by atoms with van der Waals surface area (Å²) < 4.78 is 13.4. The van der Waals surface area contributed by atoms with E-state index in [0.717, 1.165) is 11.1 Å². The summed E-state index contributed by atoms with van der Waals surface area (Å²) in [6.45, 7) is 2.68. The van der Waals surface area contributed by atoms with E-state index in [2.05, 4.69) is 0 Å². The molecule has 110 valence electrons. The standard InChI is InChI=1S/C17H17ClFNO/c1-13-7-8-15(19)11-16(13)17(21)20(10-9-18)12-14-5-3-2-4-6-14/h2-8,11H,9-10,12H2,1H3. The molecular formula is C17H17ClFNO. The van der Waals surface area contributed by atoms with Crippen molar-refractivity contribution in [2.24, 2.45) is 0 Å². The van der Waals surface area contributed by atoms with Crippen molar-refractivity contribution in [1.82, 2.24) is 4.90 Å². The highest BCUT2D eigenvalue weighted by molar-refractivity contribution is 6.18. The maximum absolute atomic E-state index is 13.4. The molecule has 0 saturated heterocycles. The molecule has 0 N–H and O–H groups in total. The number of hydrogen-bond acceptors (Lipinski definition) is 1. The normalized spacial score (nSPS) is 10.4. The highest BCUT2D eigenvalue weighted by Crippen LogP contribution is 2.15. The van der Waals surface area contributed by atoms with Crippen molar-refractivity contribution in [3.8, 4) is 0 Å². The lowest BCUT2D eigenvalue weighted by Crippen LogP contribution is -2.32. The molecule has 0 fully saturated rings. The van der Waals surface area contributed by atoms with Gasteiger partial charge in [0.1, 0.15) is 5.82 Å². The summed E-state index contributed by atoms with van der Waals surface area (Å²) in [6, 6.07) is 13.9. The third-order valence-electron chi connectivity index (χ3n) is 3.29. The highest BCUT2D eigenvalue weighted by Gasteiger charge is 2.18. The summed E-state index contributed by atoms with van der Waals surface area (Å²) in [5.41, 5.74) is 2.16. The zero-order valence-electron chi connectivity index (χ0n) is 11.9. The number of benzene rings is 2. The fourth-order valence-corrected chi connectivity index (χ4v) is 2.36. The van der Waals surface area contributed by atoms with E-state index in [0.29, 0.717) is 24.5 Å². The number of amides is 1. The van der Waals surface area contributed by atoms with Gasteiger partial charge >= 0.3 is 0 Å². The third-order valence-corrected chi connectivity index (χ3v) is 3.46. The summed E-state index contributed by atoms with van der Waals surface area (Å²) in [4.78, 5) is 14.3. The first kappa shape index (κ1) is 15.5. The van der Waals surface area contributed by atoms with Crippen LogP contribution in [0.2, 0.25) is 0 Å². The molecule has 0 spiro atoms. The molecule has 2 nitrogen and oxygen atoms in total. The van der Waals surface area contributed by atoms with Crippen molar-refractivity contribution in [2.45, 2.75) is 13.5 Å². The minimum atomic E-state index is -0.408. The lowest BCUT2D eigenvalue weighted by Gasteiger charge is -2.23. The molecule has 0 heterocycles. The second kappa shape index (κ2) is 7.23. The number of carbonyl (C=O) groups is 1. The van der Waals surface area contributed by atoms with Gasteiger partial charge in [-0.05, 0) is 30.2 Å². The minimum Gasteiger partial charge on any atom is -0.333 e. The Labute approximate surface area is 129 Å². The fraction of sp³-hybridized carbons (Fsp3) is 0.235. The van der Waals surface area contributed by atoms with Gasteiger partial charge in [0, 0.05) is 24.5 Å². The van der Waals surface area contributed by atoms with E-state index < -0.39 is 5.82 Å². The van der Waals surface area contributed by atoms with E-state index in [-0.39, 0.29) is 5.91 Å². The maximum atomic E-state index is 13.4. The molecule has 0 aliphatic rings. The minimum absolute atomic E-state index is 0.198. The maximum Gasteiger partial charge on any atom is 0.254 e. The van der Waals surface area contributed by atoms with E-state index in [9.17, 15) is 9.18 Å². The molecule has 0 bridgehead atoms. The molecule has 0 aliphatic carbocycles. The smallest absolute Gasteiger partial charge is 0.254 e. The van der Waals surface area contributed by atoms with Crippen LogP contribution in [0.1, 0.15) is 21.5 Å². The van der Waals surface area contributed by atoms with Gasteiger partial charge in [0.25, 0.3) is 5.91 Å². The van der Waals surface area contributed by atoms with Crippen LogP contribution in [-0.4, -0.2) is 23.2 Å². The van der Waals surface area contributed by atoms with Crippen LogP contribution in [0.15, 0.2) is 48.5 Å². The number of carbonyl (C=O) groups excluding carboxylic acids is 1. The molecule has 0 aromatic heterocycles. The number of alkyl halides is 1. The molecule has 1 amide bonds. The van der Waals surface area contributed by atoms with E-state index in [1.807, 2.05) is 30.3 Å². The van der Waals surface area contributed by atoms with Crippen LogP contribution in [0, 0.1) is 12.7 Å². The van der Waals surface area contributed by atoms with Gasteiger partial charge < -0.3 is 4.90 Å². The van der Waals surface area contributed by atoms with Crippen molar-refractivity contribution in [3.05, 3.63) is 71.0 Å². The van der Waals surface area contributed by atoms with Crippen LogP contribution >= 0.6 is 11.6 Å². The quantitative estimate of drug-likeness (QED) is 0.764. The van der Waals surface area contributed by atoms with E-state index >= 15 is 0 Å². The monoisotopic (exact) mass is 305 g/mol. The van der Waals surface area contributed by atoms with Crippen molar-refractivity contribution in [2.75, 3.05) is 12.4 Å². The Morgan fingerprint density at radius 2 is 1.90 bits per heavy atom. The second-order valence-corrected chi connectivity index (χ2v) is 5.24. The molecule has 4 heteroatoms. The summed E-state index contributed by atoms with van der Waals surface area (Å²) >= 11 is 5.80. The molecule has 2 aromatic rings. The Kier molecular flexibility index (Phi) is 5.34. The van der Waals surface area contributed by atoms with Crippen LogP contribution in [0.25, 0.3) is 0 Å². The van der Waals surface area contributed by atoms with E-state index in [1.54, 1.807) is 17.9 Å². The lowest BCUT2D eigenvalue weighted by molar-refractivity contribution is 0.0752. The predicted molar refractivity (Wildman–Crippen MR) is 83.0 cm³/mol. The number of nitrogens with zero attached hydrogens (tertiary/aromatic N) is 1. The topological polar surface area (TPSA) is 20.3 Å². The molecular weight excluding hydrogens is 289 g/mol. The molecule has 21 heavy (non-hydrogen) atoms. The fourth-order valence-electron chi connectivity index (χ4n) is 2.15. The molecule has 2 aromatic carbocycles. The highest BCUT2D eigenvalue weighted by atomic mass is 35.5. The van der Waals surface area contributed by atoms with Crippen LogP contribution in [0.3, 0.4) is 0 Å². The van der Waals surface area contributed by atoms with Gasteiger partial charge in [-0.1, -0.05) is 36.4 Å². The average molecular weight is 306 g/mol. The van der Waals surface area contributed by atoms with Gasteiger partial charge in [0.05, 0.1) is 0 Å². The Hall–Kier alpha value is -1.87. The summed E-state index contributed by atoms with van der Waals surface area (Å²) in [7, 11) is 0. The van der Waals surface area contributed by atoms with Gasteiger partial charge in [0.2, 0.25) is 0 Å². The first-order valence-corrected chi connectivity index (χ1v) is 7.30. The molecule has 0 atom stereocenters. The molecule has 0 aliphatic heterocycles. The lowest BCUT2D eigenvalue weighted by atomic mass is 10.1. The zero-order chi connectivity index (χ0) is 15.2. The SMILES string of the molecule is Cc1ccc(F)cc1C(=O)N(CCCl)Cc1ccccc1. The number of halogens is 2. The zero-order valence-corrected chi connectivity index (χ0v) is 12.6. The van der Waals surface area contributed by atoms with Crippen LogP contribution in [-0.2, 0) is 6.54 Å². The Morgan fingerprint density at radius 3 is 2.57 bits per heavy atom. The first-order chi connectivity index (χ1) is 10.1. The van der Waals surface area contributed by atoms with Gasteiger partial charge in [-0.3, -0.25) is 4.79 Å². The molecule has 0 saturated carbocycles. The summed E-state index contributed by atoms with van der Waals surface area (Å²) in [5.74, 6) is -0.265. The van der Waals surface area contributed by atoms with Crippen molar-refractivity contribution in [3.63, 3.8) is 0 Å². The van der Waals surface area contributed by atoms with Gasteiger partial charge in [-0.25, -0.2) is 4.39 Å². The summed E-state index contributed by atoms with van der Waals surface area (Å²) in [5, 5.41) is 0. The molecule has 2 rings (SSSR count). The van der Waals surface area contributed by atoms with Gasteiger partial charge in [-0.2, -0.15) is 0 Å². The predicted octanol–water partition coefficient (Wildman–Crippen LogP) is 4.02. The van der Waals surface area contributed by atoms with E-state index in [4.69, 9.17) is 11.6 Å². The Morgan fingerprint density at radius 1 is 1.19 bits per heavy atom. The summed E-state index contributed by atoms with van der Waals surface area (Å²) in [6.07, 6.45) is 0. The molecule has 0 unspecified atom stereocenters. The van der Waals surface area contributed by atoms with Crippen molar-refractivity contribution in [1.29, 1.82) is 0 Å². The Balaban J connectivity index is 2.25. The van der Waals surface area contributed by atoms with Crippen molar-refractivity contribution < 1.29 is 9.18 Å². The number of rotatable bonds is 5. The van der Waals surface area contributed by atoms with Crippen LogP contribution < -0.4 is 0 Å². The molecule has 0 radical (unpaired) electrons. The van der Waals surface area contributed by atoms with Gasteiger partial charge in [0.15, 0.2) is 0 Å². The average Bonchev–Trinajstić information content (AvgIpc) is 2.49. The number of aryl methyl sites for hydroxylation is 1. The van der Waals surface area contributed by atoms with Gasteiger partial charge in [-0.15, -0.1) is 11.6 Å². The van der Waals surface area contributed by atoms with Crippen molar-refractivity contribution >= 4 is 17.5 Å². The van der Waals surface area contributed by atoms with E-state index in [1.165, 1.54) is 12.1 Å². The third kappa shape index (κ3) is 4.05. The van der Waals surface area contributed by atoms with Crippen LogP contribution in [0.4, 0.5) is 4.39 Å². The number of hydrogen-bond donors (Lipinski definition) is 0. The Bertz CT molecular complexity index is 615. The largest absolute Gasteiger partial charge is 0.333 e. The first-order valence-electron chi connectivity index (χ1n) is 6.77.